The van der Waals surface area contributed by atoms with Gasteiger partial charge in [0, 0.05) is 38.4 Å². The monoisotopic (exact) mass is 343 g/mol. The lowest BCUT2D eigenvalue weighted by molar-refractivity contribution is 0.403. The summed E-state index contributed by atoms with van der Waals surface area (Å²) in [6.45, 7) is 9.16. The molecule has 1 heterocycles. The molecule has 0 aliphatic heterocycles. The summed E-state index contributed by atoms with van der Waals surface area (Å²) < 4.78 is 2.64. The fourth-order valence-corrected chi connectivity index (χ4v) is 2.99. The van der Waals surface area contributed by atoms with Gasteiger partial charge < -0.3 is 5.32 Å². The van der Waals surface area contributed by atoms with E-state index in [-0.39, 0.29) is 17.3 Å². The fraction of sp³-hybridized carbons (Fsp3) is 0.500. The summed E-state index contributed by atoms with van der Waals surface area (Å²) in [6, 6.07) is 10.3. The molecule has 0 bridgehead atoms. The van der Waals surface area contributed by atoms with Crippen molar-refractivity contribution in [2.75, 3.05) is 0 Å². The molecule has 0 aliphatic carbocycles. The Morgan fingerprint density at radius 1 is 0.920 bits per heavy atom. The number of hydrogen-bond donors (Lipinski definition) is 1. The Balaban J connectivity index is 2.24. The zero-order valence-corrected chi connectivity index (χ0v) is 16.0. The Labute approximate surface area is 149 Å². The van der Waals surface area contributed by atoms with Gasteiger partial charge in [-0.25, -0.2) is 4.79 Å². The number of hydrogen-bond acceptors (Lipinski definition) is 3. The number of aromatic nitrogens is 2. The predicted molar refractivity (Wildman–Crippen MR) is 102 cm³/mol. The second kappa shape index (κ2) is 7.83. The SMILES string of the molecule is CC(C)c1ccc([C@H](NCc2cc(=O)n(C)c(=O)n2C)C(C)C)cc1. The van der Waals surface area contributed by atoms with Crippen LogP contribution < -0.4 is 16.6 Å². The highest BCUT2D eigenvalue weighted by Crippen LogP contribution is 2.24. The minimum atomic E-state index is -0.299. The highest BCUT2D eigenvalue weighted by molar-refractivity contribution is 5.27. The molecule has 1 N–H and O–H groups in total. The van der Waals surface area contributed by atoms with Gasteiger partial charge in [-0.15, -0.1) is 0 Å². The molecule has 1 aromatic carbocycles. The summed E-state index contributed by atoms with van der Waals surface area (Å²) >= 11 is 0. The summed E-state index contributed by atoms with van der Waals surface area (Å²) in [5, 5.41) is 3.51. The summed E-state index contributed by atoms with van der Waals surface area (Å²) in [6.07, 6.45) is 0. The van der Waals surface area contributed by atoms with Gasteiger partial charge in [0.2, 0.25) is 0 Å². The van der Waals surface area contributed by atoms with Crippen LogP contribution in [0.1, 0.15) is 56.5 Å². The van der Waals surface area contributed by atoms with Crippen molar-refractivity contribution in [2.24, 2.45) is 20.0 Å². The molecule has 0 saturated carbocycles. The molecule has 1 aromatic heterocycles. The van der Waals surface area contributed by atoms with Gasteiger partial charge in [-0.3, -0.25) is 13.9 Å². The lowest BCUT2D eigenvalue weighted by Crippen LogP contribution is -2.39. The van der Waals surface area contributed by atoms with Crippen molar-refractivity contribution in [3.8, 4) is 0 Å². The van der Waals surface area contributed by atoms with Crippen LogP contribution >= 0.6 is 0 Å². The van der Waals surface area contributed by atoms with E-state index in [0.717, 1.165) is 4.57 Å². The quantitative estimate of drug-likeness (QED) is 0.877. The van der Waals surface area contributed by atoms with E-state index in [9.17, 15) is 9.59 Å². The van der Waals surface area contributed by atoms with Gasteiger partial charge in [-0.2, -0.15) is 0 Å². The van der Waals surface area contributed by atoms with E-state index in [1.165, 1.54) is 28.8 Å². The van der Waals surface area contributed by atoms with E-state index in [4.69, 9.17) is 0 Å². The van der Waals surface area contributed by atoms with Crippen LogP contribution in [0.5, 0.6) is 0 Å². The van der Waals surface area contributed by atoms with Crippen LogP contribution in [-0.2, 0) is 20.6 Å². The molecule has 0 radical (unpaired) electrons. The highest BCUT2D eigenvalue weighted by atomic mass is 16.2. The summed E-state index contributed by atoms with van der Waals surface area (Å²) in [7, 11) is 3.19. The van der Waals surface area contributed by atoms with Crippen LogP contribution in [0.15, 0.2) is 39.9 Å². The van der Waals surface area contributed by atoms with E-state index in [1.54, 1.807) is 7.05 Å². The molecule has 136 valence electrons. The number of rotatable bonds is 6. The van der Waals surface area contributed by atoms with Gasteiger partial charge in [0.15, 0.2) is 0 Å². The first kappa shape index (κ1) is 19.2. The van der Waals surface area contributed by atoms with Crippen molar-refractivity contribution in [1.82, 2.24) is 14.5 Å². The average Bonchev–Trinajstić information content (AvgIpc) is 2.57. The van der Waals surface area contributed by atoms with E-state index in [1.807, 2.05) is 0 Å². The first-order valence-electron chi connectivity index (χ1n) is 8.81. The van der Waals surface area contributed by atoms with Gasteiger partial charge in [0.1, 0.15) is 0 Å². The van der Waals surface area contributed by atoms with E-state index >= 15 is 0 Å². The van der Waals surface area contributed by atoms with Crippen molar-refractivity contribution in [3.63, 3.8) is 0 Å². The zero-order chi connectivity index (χ0) is 18.7. The van der Waals surface area contributed by atoms with Crippen molar-refractivity contribution < 1.29 is 0 Å². The lowest BCUT2D eigenvalue weighted by atomic mass is 9.93. The average molecular weight is 343 g/mol. The molecular weight excluding hydrogens is 314 g/mol. The molecule has 2 rings (SSSR count). The molecule has 0 fully saturated rings. The first-order chi connectivity index (χ1) is 11.7. The second-order valence-electron chi connectivity index (χ2n) is 7.30. The lowest BCUT2D eigenvalue weighted by Gasteiger charge is -2.24. The Hall–Kier alpha value is -2.14. The Kier molecular flexibility index (Phi) is 6.01. The smallest absolute Gasteiger partial charge is 0.304 e. The number of benzene rings is 1. The molecule has 1 atom stereocenters. The van der Waals surface area contributed by atoms with Crippen LogP contribution in [0.2, 0.25) is 0 Å². The Morgan fingerprint density at radius 2 is 1.48 bits per heavy atom. The molecule has 5 heteroatoms. The standard InChI is InChI=1S/C20H29N3O2/c1-13(2)15-7-9-16(10-8-15)19(14(3)4)21-12-17-11-18(24)23(6)20(25)22(17)5/h7-11,13-14,19,21H,12H2,1-6H3/t19-/m1/s1. The molecular formula is C20H29N3O2. The summed E-state index contributed by atoms with van der Waals surface area (Å²) in [5.74, 6) is 0.892. The summed E-state index contributed by atoms with van der Waals surface area (Å²) in [4.78, 5) is 23.9. The van der Waals surface area contributed by atoms with Crippen LogP contribution in [0, 0.1) is 5.92 Å². The van der Waals surface area contributed by atoms with Gasteiger partial charge in [0.05, 0.1) is 0 Å². The van der Waals surface area contributed by atoms with Crippen molar-refractivity contribution in [2.45, 2.75) is 46.2 Å². The van der Waals surface area contributed by atoms with Crippen LogP contribution in [0.4, 0.5) is 0 Å². The molecule has 2 aromatic rings. The zero-order valence-electron chi connectivity index (χ0n) is 16.0. The fourth-order valence-electron chi connectivity index (χ4n) is 2.99. The maximum atomic E-state index is 12.1. The highest BCUT2D eigenvalue weighted by Gasteiger charge is 2.16. The molecule has 25 heavy (non-hydrogen) atoms. The number of nitrogens with zero attached hydrogens (tertiary/aromatic N) is 2. The second-order valence-corrected chi connectivity index (χ2v) is 7.30. The molecule has 0 amide bonds. The maximum absolute atomic E-state index is 12.1. The molecule has 0 spiro atoms. The third-order valence-electron chi connectivity index (χ3n) is 4.76. The molecule has 0 saturated heterocycles. The van der Waals surface area contributed by atoms with Gasteiger partial charge in [-0.1, -0.05) is 52.0 Å². The third kappa shape index (κ3) is 4.28. The topological polar surface area (TPSA) is 56.0 Å². The third-order valence-corrected chi connectivity index (χ3v) is 4.76. The minimum absolute atomic E-state index is 0.153. The molecule has 0 unspecified atom stereocenters. The van der Waals surface area contributed by atoms with E-state index in [2.05, 4.69) is 57.3 Å². The van der Waals surface area contributed by atoms with Crippen molar-refractivity contribution in [3.05, 3.63) is 68.0 Å². The van der Waals surface area contributed by atoms with E-state index < -0.39 is 0 Å². The number of nitrogens with one attached hydrogen (secondary N) is 1. The van der Waals surface area contributed by atoms with Crippen LogP contribution in [0.3, 0.4) is 0 Å². The normalized spacial score (nSPS) is 12.8. The molecule has 0 aliphatic rings. The maximum Gasteiger partial charge on any atom is 0.330 e. The van der Waals surface area contributed by atoms with Gasteiger partial charge in [0.25, 0.3) is 5.56 Å². The van der Waals surface area contributed by atoms with Gasteiger partial charge >= 0.3 is 5.69 Å². The Bertz CT molecular complexity index is 830. The predicted octanol–water partition coefficient (Wildman–Crippen LogP) is 2.69. The van der Waals surface area contributed by atoms with Crippen molar-refractivity contribution >= 4 is 0 Å². The van der Waals surface area contributed by atoms with Crippen LogP contribution in [-0.4, -0.2) is 9.13 Å². The minimum Gasteiger partial charge on any atom is -0.304 e. The Morgan fingerprint density at radius 3 is 2.00 bits per heavy atom. The summed E-state index contributed by atoms with van der Waals surface area (Å²) in [5.41, 5.74) is 2.65. The van der Waals surface area contributed by atoms with Crippen LogP contribution in [0.25, 0.3) is 0 Å². The molecule has 5 nitrogen and oxygen atoms in total. The largest absolute Gasteiger partial charge is 0.330 e. The first-order valence-corrected chi connectivity index (χ1v) is 8.81. The van der Waals surface area contributed by atoms with Gasteiger partial charge in [-0.05, 0) is 23.0 Å². The van der Waals surface area contributed by atoms with E-state index in [0.29, 0.717) is 24.1 Å². The van der Waals surface area contributed by atoms with Crippen molar-refractivity contribution in [1.29, 1.82) is 0 Å².